The maximum Gasteiger partial charge on any atom is 0.303 e. The number of ether oxygens (including phenoxy) is 2. The molecule has 0 saturated heterocycles. The predicted octanol–water partition coefficient (Wildman–Crippen LogP) is 7.17. The van der Waals surface area contributed by atoms with E-state index in [1.165, 1.54) is 23.1 Å². The fourth-order valence-corrected chi connectivity index (χ4v) is 4.97. The zero-order chi connectivity index (χ0) is 25.4. The molecule has 5 nitrogen and oxygen atoms in total. The van der Waals surface area contributed by atoms with E-state index in [-0.39, 0.29) is 17.9 Å². The molecule has 0 saturated carbocycles. The van der Waals surface area contributed by atoms with Crippen LogP contribution in [0.2, 0.25) is 0 Å². The Labute approximate surface area is 214 Å². The molecule has 0 aliphatic carbocycles. The lowest BCUT2D eigenvalue weighted by molar-refractivity contribution is -0.137. The molecule has 2 unspecified atom stereocenters. The van der Waals surface area contributed by atoms with E-state index in [0.29, 0.717) is 13.0 Å². The van der Waals surface area contributed by atoms with Crippen molar-refractivity contribution in [2.75, 3.05) is 18.5 Å². The molecule has 0 amide bonds. The van der Waals surface area contributed by atoms with Gasteiger partial charge in [-0.3, -0.25) is 4.79 Å². The molecule has 36 heavy (non-hydrogen) atoms. The van der Waals surface area contributed by atoms with E-state index >= 15 is 0 Å². The highest BCUT2D eigenvalue weighted by molar-refractivity contribution is 5.68. The van der Waals surface area contributed by atoms with E-state index in [2.05, 4.69) is 79.8 Å². The average molecular weight is 488 g/mol. The van der Waals surface area contributed by atoms with Gasteiger partial charge < -0.3 is 19.9 Å². The van der Waals surface area contributed by atoms with Crippen LogP contribution in [-0.4, -0.2) is 24.3 Å². The van der Waals surface area contributed by atoms with Gasteiger partial charge in [0.15, 0.2) is 0 Å². The second kappa shape index (κ2) is 12.0. The van der Waals surface area contributed by atoms with Crippen molar-refractivity contribution in [2.24, 2.45) is 0 Å². The van der Waals surface area contributed by atoms with Gasteiger partial charge in [-0.05, 0) is 74.4 Å². The number of carboxylic acids is 1. The van der Waals surface area contributed by atoms with E-state index in [0.717, 1.165) is 43.1 Å². The predicted molar refractivity (Wildman–Crippen MR) is 144 cm³/mol. The van der Waals surface area contributed by atoms with Crippen molar-refractivity contribution in [3.63, 3.8) is 0 Å². The van der Waals surface area contributed by atoms with Gasteiger partial charge in [-0.15, -0.1) is 0 Å². The molecule has 190 valence electrons. The van der Waals surface area contributed by atoms with Crippen LogP contribution < -0.4 is 14.8 Å². The third-order valence-corrected chi connectivity index (χ3v) is 7.23. The van der Waals surface area contributed by atoms with Gasteiger partial charge in [-0.25, -0.2) is 0 Å². The van der Waals surface area contributed by atoms with Crippen LogP contribution in [0.3, 0.4) is 0 Å². The molecule has 2 N–H and O–H groups in total. The summed E-state index contributed by atoms with van der Waals surface area (Å²) in [6.07, 6.45) is 5.11. The van der Waals surface area contributed by atoms with Crippen LogP contribution in [0.1, 0.15) is 68.6 Å². The second-order valence-corrected chi connectivity index (χ2v) is 9.78. The summed E-state index contributed by atoms with van der Waals surface area (Å²) in [5.74, 6) is 1.16. The molecule has 0 bridgehead atoms. The smallest absolute Gasteiger partial charge is 0.303 e. The summed E-state index contributed by atoms with van der Waals surface area (Å²) in [6.45, 7) is 5.61. The lowest BCUT2D eigenvalue weighted by Crippen LogP contribution is -2.31. The van der Waals surface area contributed by atoms with Gasteiger partial charge in [0.25, 0.3) is 0 Å². The molecule has 3 aromatic carbocycles. The highest BCUT2D eigenvalue weighted by Crippen LogP contribution is 2.51. The highest BCUT2D eigenvalue weighted by Gasteiger charge is 2.42. The third-order valence-electron chi connectivity index (χ3n) is 7.23. The second-order valence-electron chi connectivity index (χ2n) is 9.78. The zero-order valence-electron chi connectivity index (χ0n) is 21.3. The first-order chi connectivity index (χ1) is 17.5. The number of nitrogens with one attached hydrogen (secondary N) is 1. The molecule has 2 atom stereocenters. The molecule has 1 aliphatic heterocycles. The lowest BCUT2D eigenvalue weighted by Gasteiger charge is -2.31. The molecule has 1 heterocycles. The SMILES string of the molecule is CC1c2c(cccc2OCCCCCc2ccccc2)NC1(C)c1ccc(OCCCC(=O)O)cc1. The van der Waals surface area contributed by atoms with Gasteiger partial charge in [0.05, 0.1) is 18.8 Å². The average Bonchev–Trinajstić information content (AvgIpc) is 3.16. The largest absolute Gasteiger partial charge is 0.494 e. The van der Waals surface area contributed by atoms with Gasteiger partial charge in [0.2, 0.25) is 0 Å². The van der Waals surface area contributed by atoms with Crippen LogP contribution in [0.4, 0.5) is 5.69 Å². The summed E-state index contributed by atoms with van der Waals surface area (Å²) >= 11 is 0. The highest BCUT2D eigenvalue weighted by atomic mass is 16.5. The molecular formula is C31H37NO4. The number of fused-ring (bicyclic) bond motifs is 1. The minimum Gasteiger partial charge on any atom is -0.494 e. The molecule has 3 aromatic rings. The van der Waals surface area contributed by atoms with E-state index in [9.17, 15) is 4.79 Å². The number of aryl methyl sites for hydroxylation is 1. The first-order valence-corrected chi connectivity index (χ1v) is 13.0. The number of rotatable bonds is 13. The Hall–Kier alpha value is -3.47. The number of anilines is 1. The summed E-state index contributed by atoms with van der Waals surface area (Å²) in [7, 11) is 0. The Morgan fingerprint density at radius 1 is 0.889 bits per heavy atom. The first-order valence-electron chi connectivity index (χ1n) is 13.0. The monoisotopic (exact) mass is 487 g/mol. The number of hydrogen-bond acceptors (Lipinski definition) is 4. The van der Waals surface area contributed by atoms with E-state index < -0.39 is 5.97 Å². The van der Waals surface area contributed by atoms with Gasteiger partial charge >= 0.3 is 5.97 Å². The van der Waals surface area contributed by atoms with Crippen molar-refractivity contribution in [2.45, 2.75) is 63.8 Å². The van der Waals surface area contributed by atoms with Crippen LogP contribution in [-0.2, 0) is 16.8 Å². The molecule has 5 heteroatoms. The summed E-state index contributed by atoms with van der Waals surface area (Å²) in [6, 6.07) is 25.0. The molecule has 0 radical (unpaired) electrons. The number of carboxylic acid groups (broad SMARTS) is 1. The zero-order valence-corrected chi connectivity index (χ0v) is 21.3. The van der Waals surface area contributed by atoms with E-state index in [4.69, 9.17) is 14.6 Å². The summed E-state index contributed by atoms with van der Waals surface area (Å²) in [4.78, 5) is 10.7. The van der Waals surface area contributed by atoms with Gasteiger partial charge in [-0.1, -0.05) is 55.5 Å². The molecule has 1 aliphatic rings. The van der Waals surface area contributed by atoms with Crippen LogP contribution in [0.25, 0.3) is 0 Å². The van der Waals surface area contributed by atoms with E-state index in [1.807, 2.05) is 12.1 Å². The number of aliphatic carboxylic acids is 1. The van der Waals surface area contributed by atoms with Crippen molar-refractivity contribution in [1.29, 1.82) is 0 Å². The maximum absolute atomic E-state index is 10.7. The molecule has 0 spiro atoms. The summed E-state index contributed by atoms with van der Waals surface area (Å²) in [5, 5.41) is 12.5. The van der Waals surface area contributed by atoms with Gasteiger partial charge in [0, 0.05) is 23.6 Å². The van der Waals surface area contributed by atoms with Crippen molar-refractivity contribution < 1.29 is 19.4 Å². The minimum absolute atomic E-state index is 0.119. The van der Waals surface area contributed by atoms with Crippen LogP contribution >= 0.6 is 0 Å². The Kier molecular flexibility index (Phi) is 8.52. The third kappa shape index (κ3) is 6.20. The van der Waals surface area contributed by atoms with Crippen LogP contribution in [0.5, 0.6) is 11.5 Å². The van der Waals surface area contributed by atoms with E-state index in [1.54, 1.807) is 0 Å². The quantitative estimate of drug-likeness (QED) is 0.250. The Bertz CT molecular complexity index is 1130. The first kappa shape index (κ1) is 25.6. The van der Waals surface area contributed by atoms with Crippen molar-refractivity contribution in [1.82, 2.24) is 0 Å². The molecule has 0 aromatic heterocycles. The number of hydrogen-bond donors (Lipinski definition) is 2. The fourth-order valence-electron chi connectivity index (χ4n) is 4.97. The number of carbonyl (C=O) groups is 1. The van der Waals surface area contributed by atoms with Crippen molar-refractivity contribution >= 4 is 11.7 Å². The van der Waals surface area contributed by atoms with Gasteiger partial charge in [-0.2, -0.15) is 0 Å². The van der Waals surface area contributed by atoms with Crippen LogP contribution in [0, 0.1) is 0 Å². The van der Waals surface area contributed by atoms with Gasteiger partial charge in [0.1, 0.15) is 11.5 Å². The minimum atomic E-state index is -0.797. The fraction of sp³-hybridized carbons (Fsp3) is 0.387. The Morgan fingerprint density at radius 3 is 2.39 bits per heavy atom. The van der Waals surface area contributed by atoms with Crippen molar-refractivity contribution in [3.8, 4) is 11.5 Å². The summed E-state index contributed by atoms with van der Waals surface area (Å²) in [5.41, 5.74) is 4.67. The molecular weight excluding hydrogens is 450 g/mol. The number of unbranched alkanes of at least 4 members (excludes halogenated alkanes) is 2. The van der Waals surface area contributed by atoms with Crippen LogP contribution in [0.15, 0.2) is 72.8 Å². The molecule has 4 rings (SSSR count). The lowest BCUT2D eigenvalue weighted by atomic mass is 9.80. The van der Waals surface area contributed by atoms with Crippen molar-refractivity contribution in [3.05, 3.63) is 89.5 Å². The standard InChI is InChI=1S/C31H37NO4/c1-23-30-27(14-9-15-28(30)36-21-8-4-7-13-24-11-5-3-6-12-24)32-31(23,2)25-17-19-26(20-18-25)35-22-10-16-29(33)34/h3,5-6,9,11-12,14-15,17-20,23,32H,4,7-8,10,13,16,21-22H2,1-2H3,(H,33,34). The maximum atomic E-state index is 10.7. The molecule has 0 fully saturated rings. The number of benzene rings is 3. The Balaban J connectivity index is 1.32. The normalized spacial score (nSPS) is 18.3. The summed E-state index contributed by atoms with van der Waals surface area (Å²) < 4.78 is 12.0. The Morgan fingerprint density at radius 2 is 1.64 bits per heavy atom. The topological polar surface area (TPSA) is 67.8 Å².